The predicted octanol–water partition coefficient (Wildman–Crippen LogP) is 3.59. The van der Waals surface area contributed by atoms with E-state index in [1.165, 1.54) is 0 Å². The molecule has 3 N–H and O–H groups in total. The van der Waals surface area contributed by atoms with E-state index in [4.69, 9.17) is 5.11 Å². The highest BCUT2D eigenvalue weighted by Gasteiger charge is 2.67. The van der Waals surface area contributed by atoms with Crippen LogP contribution in [-0.4, -0.2) is 38.6 Å². The zero-order valence-electron chi connectivity index (χ0n) is 18.0. The highest BCUT2D eigenvalue weighted by Crippen LogP contribution is 2.69. The SMILES string of the molecule is CC1(C(=O)O)CC2=CC(=O)CC[C@]2(C)[C@H]2C=C[C@@]3(C)[C@@H](CC[C@]3(O)CCC(=O)O)[C@@H]21. The Morgan fingerprint density at radius 1 is 1.17 bits per heavy atom. The van der Waals surface area contributed by atoms with E-state index in [0.29, 0.717) is 32.1 Å². The van der Waals surface area contributed by atoms with Gasteiger partial charge in [-0.3, -0.25) is 14.4 Å². The molecule has 0 bridgehead atoms. The van der Waals surface area contributed by atoms with Gasteiger partial charge in [0.25, 0.3) is 0 Å². The van der Waals surface area contributed by atoms with E-state index in [1.54, 1.807) is 13.0 Å². The van der Waals surface area contributed by atoms with Crippen molar-refractivity contribution in [2.45, 2.75) is 71.3 Å². The van der Waals surface area contributed by atoms with Crippen LogP contribution < -0.4 is 0 Å². The second-order valence-electron chi connectivity index (χ2n) is 10.7. The summed E-state index contributed by atoms with van der Waals surface area (Å²) in [5.74, 6) is -1.98. The molecule has 164 valence electrons. The third kappa shape index (κ3) is 2.68. The minimum Gasteiger partial charge on any atom is -0.481 e. The molecule has 0 radical (unpaired) electrons. The Balaban J connectivity index is 1.83. The number of carbonyl (C=O) groups excluding carboxylic acids is 1. The van der Waals surface area contributed by atoms with Crippen molar-refractivity contribution in [1.29, 1.82) is 0 Å². The number of aliphatic hydroxyl groups is 1. The van der Waals surface area contributed by atoms with Crippen LogP contribution in [0.4, 0.5) is 0 Å². The lowest BCUT2D eigenvalue weighted by Gasteiger charge is -2.61. The fraction of sp³-hybridized carbons (Fsp3) is 0.708. The van der Waals surface area contributed by atoms with Gasteiger partial charge in [0.15, 0.2) is 5.78 Å². The molecule has 0 saturated heterocycles. The Bertz CT molecular complexity index is 873. The first-order valence-electron chi connectivity index (χ1n) is 11.0. The largest absolute Gasteiger partial charge is 0.481 e. The van der Waals surface area contributed by atoms with Gasteiger partial charge >= 0.3 is 11.9 Å². The molecule has 0 aliphatic heterocycles. The van der Waals surface area contributed by atoms with Crippen LogP contribution >= 0.6 is 0 Å². The average molecular weight is 417 g/mol. The first-order valence-corrected chi connectivity index (χ1v) is 11.0. The summed E-state index contributed by atoms with van der Waals surface area (Å²) in [6.45, 7) is 5.92. The molecule has 4 aliphatic rings. The number of fused-ring (bicyclic) bond motifs is 5. The molecule has 7 atom stereocenters. The van der Waals surface area contributed by atoms with Gasteiger partial charge in [-0.1, -0.05) is 31.6 Å². The van der Waals surface area contributed by atoms with Crippen molar-refractivity contribution in [3.63, 3.8) is 0 Å². The fourth-order valence-electron chi connectivity index (χ4n) is 7.31. The molecule has 2 saturated carbocycles. The summed E-state index contributed by atoms with van der Waals surface area (Å²) in [4.78, 5) is 35.9. The Kier molecular flexibility index (Phi) is 4.63. The molecule has 0 aromatic heterocycles. The van der Waals surface area contributed by atoms with Crippen LogP contribution in [0, 0.1) is 34.0 Å². The van der Waals surface area contributed by atoms with Gasteiger partial charge in [-0.25, -0.2) is 0 Å². The van der Waals surface area contributed by atoms with E-state index < -0.39 is 28.4 Å². The molecule has 4 aliphatic carbocycles. The van der Waals surface area contributed by atoms with Crippen LogP contribution in [0.5, 0.6) is 0 Å². The van der Waals surface area contributed by atoms with Crippen molar-refractivity contribution in [1.82, 2.24) is 0 Å². The summed E-state index contributed by atoms with van der Waals surface area (Å²) >= 11 is 0. The Morgan fingerprint density at radius 2 is 1.87 bits per heavy atom. The quantitative estimate of drug-likeness (QED) is 0.604. The van der Waals surface area contributed by atoms with Gasteiger partial charge in [0.2, 0.25) is 0 Å². The van der Waals surface area contributed by atoms with E-state index in [9.17, 15) is 24.6 Å². The maximum Gasteiger partial charge on any atom is 0.309 e. The number of carbonyl (C=O) groups is 3. The topological polar surface area (TPSA) is 112 Å². The second-order valence-corrected chi connectivity index (χ2v) is 10.7. The van der Waals surface area contributed by atoms with Crippen molar-refractivity contribution < 1.29 is 29.7 Å². The Morgan fingerprint density at radius 3 is 2.50 bits per heavy atom. The number of hydrogen-bond acceptors (Lipinski definition) is 4. The number of ketones is 1. The number of aliphatic carboxylic acids is 2. The molecule has 0 aromatic carbocycles. The van der Waals surface area contributed by atoms with E-state index in [-0.39, 0.29) is 41.8 Å². The molecule has 2 fully saturated rings. The normalized spacial score (nSPS) is 47.1. The molecule has 1 unspecified atom stereocenters. The predicted molar refractivity (Wildman–Crippen MR) is 110 cm³/mol. The minimum atomic E-state index is -1.16. The molecule has 0 amide bonds. The van der Waals surface area contributed by atoms with Gasteiger partial charge < -0.3 is 15.3 Å². The van der Waals surface area contributed by atoms with Gasteiger partial charge in [0.1, 0.15) is 0 Å². The maximum absolute atomic E-state index is 12.6. The van der Waals surface area contributed by atoms with Crippen LogP contribution in [0.2, 0.25) is 0 Å². The molecule has 6 heteroatoms. The lowest BCUT2D eigenvalue weighted by atomic mass is 9.42. The molecule has 0 aromatic rings. The Labute approximate surface area is 177 Å². The fourth-order valence-corrected chi connectivity index (χ4v) is 7.31. The van der Waals surface area contributed by atoms with Crippen LogP contribution in [0.25, 0.3) is 0 Å². The molecular formula is C24H32O6. The minimum absolute atomic E-state index is 0.0217. The Hall–Kier alpha value is -1.95. The highest BCUT2D eigenvalue weighted by molar-refractivity contribution is 5.92. The van der Waals surface area contributed by atoms with Crippen LogP contribution in [-0.2, 0) is 14.4 Å². The third-order valence-corrected chi connectivity index (χ3v) is 9.34. The molecule has 0 spiro atoms. The highest BCUT2D eigenvalue weighted by atomic mass is 16.4. The van der Waals surface area contributed by atoms with Crippen molar-refractivity contribution in [2.75, 3.05) is 0 Å². The molecule has 4 rings (SSSR count). The third-order valence-electron chi connectivity index (χ3n) is 9.34. The number of hydrogen-bond donors (Lipinski definition) is 3. The monoisotopic (exact) mass is 416 g/mol. The summed E-state index contributed by atoms with van der Waals surface area (Å²) < 4.78 is 0. The number of allylic oxidation sites excluding steroid dienone is 3. The lowest BCUT2D eigenvalue weighted by molar-refractivity contribution is -0.165. The van der Waals surface area contributed by atoms with Gasteiger partial charge in [-0.2, -0.15) is 0 Å². The zero-order valence-corrected chi connectivity index (χ0v) is 18.0. The number of carboxylic acids is 2. The zero-order chi connectivity index (χ0) is 22.1. The van der Waals surface area contributed by atoms with Crippen LogP contribution in [0.15, 0.2) is 23.8 Å². The van der Waals surface area contributed by atoms with E-state index in [0.717, 1.165) is 5.57 Å². The van der Waals surface area contributed by atoms with Gasteiger partial charge in [0.05, 0.1) is 11.0 Å². The van der Waals surface area contributed by atoms with Gasteiger partial charge in [0, 0.05) is 18.3 Å². The van der Waals surface area contributed by atoms with E-state index >= 15 is 0 Å². The second kappa shape index (κ2) is 6.52. The summed E-state index contributed by atoms with van der Waals surface area (Å²) in [5.41, 5.74) is -2.17. The maximum atomic E-state index is 12.6. The first-order chi connectivity index (χ1) is 13.9. The summed E-state index contributed by atoms with van der Waals surface area (Å²) in [6, 6.07) is 0. The van der Waals surface area contributed by atoms with Crippen molar-refractivity contribution in [2.24, 2.45) is 34.0 Å². The number of carboxylic acid groups (broad SMARTS) is 2. The summed E-state index contributed by atoms with van der Waals surface area (Å²) in [7, 11) is 0. The van der Waals surface area contributed by atoms with Crippen LogP contribution in [0.3, 0.4) is 0 Å². The van der Waals surface area contributed by atoms with Crippen molar-refractivity contribution >= 4 is 17.7 Å². The van der Waals surface area contributed by atoms with Gasteiger partial charge in [-0.15, -0.1) is 0 Å². The molecular weight excluding hydrogens is 384 g/mol. The lowest BCUT2D eigenvalue weighted by Crippen LogP contribution is -2.59. The van der Waals surface area contributed by atoms with Gasteiger partial charge in [-0.05, 0) is 68.3 Å². The van der Waals surface area contributed by atoms with E-state index in [1.807, 2.05) is 13.0 Å². The molecule has 30 heavy (non-hydrogen) atoms. The first kappa shape index (κ1) is 21.3. The van der Waals surface area contributed by atoms with Crippen molar-refractivity contribution in [3.05, 3.63) is 23.8 Å². The number of rotatable bonds is 4. The van der Waals surface area contributed by atoms with Crippen LogP contribution in [0.1, 0.15) is 65.7 Å². The smallest absolute Gasteiger partial charge is 0.309 e. The summed E-state index contributed by atoms with van der Waals surface area (Å²) in [5, 5.41) is 31.0. The van der Waals surface area contributed by atoms with E-state index in [2.05, 4.69) is 13.0 Å². The molecule has 6 nitrogen and oxygen atoms in total. The standard InChI is InChI=1S/C24H32O6/c1-21-8-4-15(25)12-14(21)13-22(2,20(28)29)19-16(21)5-9-23(3)17(19)6-10-24(23,30)11-7-18(26)27/h5,9,12,16-17,19,30H,4,6-8,10-11,13H2,1-3H3,(H,26,27)(H,28,29)/t16-,17-,19+,21-,22?,23-,24-/m0/s1. The van der Waals surface area contributed by atoms with Crippen molar-refractivity contribution in [3.8, 4) is 0 Å². The molecule has 0 heterocycles. The summed E-state index contributed by atoms with van der Waals surface area (Å²) in [6.07, 6.45) is 8.55. The average Bonchev–Trinajstić information content (AvgIpc) is 2.93.